The van der Waals surface area contributed by atoms with Crippen molar-refractivity contribution in [3.63, 3.8) is 0 Å². The van der Waals surface area contributed by atoms with Crippen molar-refractivity contribution in [2.75, 3.05) is 27.4 Å². The monoisotopic (exact) mass is 330 g/mol. The molecule has 0 amide bonds. The summed E-state index contributed by atoms with van der Waals surface area (Å²) in [5, 5.41) is 0. The molecule has 0 atom stereocenters. The third-order valence-electron chi connectivity index (χ3n) is 3.19. The van der Waals surface area contributed by atoms with Crippen LogP contribution in [-0.4, -0.2) is 39.2 Å². The van der Waals surface area contributed by atoms with E-state index in [1.54, 1.807) is 62.8 Å². The van der Waals surface area contributed by atoms with Gasteiger partial charge in [0.25, 0.3) is 0 Å². The summed E-state index contributed by atoms with van der Waals surface area (Å²) in [6, 6.07) is 13.3. The Hall–Kier alpha value is -3.02. The number of rotatable bonds is 8. The lowest BCUT2D eigenvalue weighted by atomic mass is 10.1. The van der Waals surface area contributed by atoms with E-state index in [4.69, 9.17) is 18.9 Å². The Morgan fingerprint density at radius 3 is 1.79 bits per heavy atom. The molecule has 0 aliphatic heterocycles. The Morgan fingerprint density at radius 1 is 0.750 bits per heavy atom. The number of Topliss-reactive ketones (excluding diaryl/α,β-unsaturated/α-hetero) is 1. The second kappa shape index (κ2) is 8.57. The van der Waals surface area contributed by atoms with Gasteiger partial charge >= 0.3 is 5.97 Å². The molecule has 0 fully saturated rings. The normalized spacial score (nSPS) is 9.92. The minimum Gasteiger partial charge on any atom is -0.497 e. The van der Waals surface area contributed by atoms with Gasteiger partial charge in [-0.1, -0.05) is 0 Å². The summed E-state index contributed by atoms with van der Waals surface area (Å²) in [5.74, 6) is 0.934. The number of hydrogen-bond donors (Lipinski definition) is 0. The first-order valence-electron chi connectivity index (χ1n) is 7.22. The topological polar surface area (TPSA) is 71.1 Å². The summed E-state index contributed by atoms with van der Waals surface area (Å²) in [4.78, 5) is 23.6. The van der Waals surface area contributed by atoms with Crippen LogP contribution < -0.4 is 14.2 Å². The maximum absolute atomic E-state index is 11.9. The van der Waals surface area contributed by atoms with Crippen LogP contribution in [0.3, 0.4) is 0 Å². The van der Waals surface area contributed by atoms with Crippen molar-refractivity contribution < 1.29 is 28.5 Å². The molecular formula is C18H18O6. The van der Waals surface area contributed by atoms with Crippen molar-refractivity contribution >= 4 is 11.8 Å². The van der Waals surface area contributed by atoms with Gasteiger partial charge in [0.2, 0.25) is 0 Å². The van der Waals surface area contributed by atoms with Gasteiger partial charge in [-0.3, -0.25) is 4.79 Å². The zero-order valence-corrected chi connectivity index (χ0v) is 13.5. The fourth-order valence-electron chi connectivity index (χ4n) is 1.86. The molecule has 0 saturated heterocycles. The number of carbonyl (C=O) groups excluding carboxylic acids is 2. The van der Waals surface area contributed by atoms with Crippen LogP contribution in [0.15, 0.2) is 48.5 Å². The molecule has 24 heavy (non-hydrogen) atoms. The van der Waals surface area contributed by atoms with E-state index in [2.05, 4.69) is 0 Å². The first-order valence-corrected chi connectivity index (χ1v) is 7.22. The van der Waals surface area contributed by atoms with Gasteiger partial charge in [-0.15, -0.1) is 0 Å². The third-order valence-corrected chi connectivity index (χ3v) is 3.19. The zero-order valence-electron chi connectivity index (χ0n) is 13.5. The number of esters is 1. The molecule has 0 N–H and O–H groups in total. The molecule has 0 bridgehead atoms. The highest BCUT2D eigenvalue weighted by Crippen LogP contribution is 2.17. The molecule has 0 aliphatic carbocycles. The van der Waals surface area contributed by atoms with Gasteiger partial charge in [0.1, 0.15) is 17.2 Å². The quantitative estimate of drug-likeness (QED) is 0.547. The molecule has 6 heteroatoms. The summed E-state index contributed by atoms with van der Waals surface area (Å²) in [7, 11) is 3.11. The van der Waals surface area contributed by atoms with Gasteiger partial charge in [-0.05, 0) is 48.5 Å². The molecule has 2 rings (SSSR count). The largest absolute Gasteiger partial charge is 0.497 e. The number of ketones is 1. The molecule has 0 saturated carbocycles. The fourth-order valence-corrected chi connectivity index (χ4v) is 1.86. The van der Waals surface area contributed by atoms with Gasteiger partial charge in [0.15, 0.2) is 19.0 Å². The number of carbonyl (C=O) groups is 2. The molecule has 2 aromatic rings. The number of hydrogen-bond acceptors (Lipinski definition) is 6. The molecule has 126 valence electrons. The highest BCUT2D eigenvalue weighted by atomic mass is 16.6. The standard InChI is InChI=1S/C18H18O6/c1-21-14-5-3-13(4-6-14)17(19)11-24-18(20)12-23-16-9-7-15(22-2)8-10-16/h3-10H,11-12H2,1-2H3. The van der Waals surface area contributed by atoms with Gasteiger partial charge in [0.05, 0.1) is 14.2 Å². The highest BCUT2D eigenvalue weighted by molar-refractivity contribution is 5.98. The highest BCUT2D eigenvalue weighted by Gasteiger charge is 2.11. The molecule has 0 radical (unpaired) electrons. The van der Waals surface area contributed by atoms with Crippen molar-refractivity contribution in [2.24, 2.45) is 0 Å². The molecule has 6 nitrogen and oxygen atoms in total. The molecule has 2 aromatic carbocycles. The van der Waals surface area contributed by atoms with Crippen LogP contribution in [0.4, 0.5) is 0 Å². The predicted molar refractivity (Wildman–Crippen MR) is 86.8 cm³/mol. The summed E-state index contributed by atoms with van der Waals surface area (Å²) >= 11 is 0. The van der Waals surface area contributed by atoms with Crippen LogP contribution in [0, 0.1) is 0 Å². The molecule has 0 unspecified atom stereocenters. The molecule has 0 spiro atoms. The van der Waals surface area contributed by atoms with E-state index in [0.29, 0.717) is 22.8 Å². The summed E-state index contributed by atoms with van der Waals surface area (Å²) in [5.41, 5.74) is 0.444. The summed E-state index contributed by atoms with van der Waals surface area (Å²) < 4.78 is 20.2. The average molecular weight is 330 g/mol. The van der Waals surface area contributed by atoms with E-state index < -0.39 is 5.97 Å². The Labute approximate surface area is 139 Å². The van der Waals surface area contributed by atoms with Crippen molar-refractivity contribution in [3.05, 3.63) is 54.1 Å². The fraction of sp³-hybridized carbons (Fsp3) is 0.222. The Balaban J connectivity index is 1.76. The van der Waals surface area contributed by atoms with Gasteiger partial charge in [-0.25, -0.2) is 4.79 Å². The Morgan fingerprint density at radius 2 is 1.25 bits per heavy atom. The second-order valence-electron chi connectivity index (χ2n) is 4.78. The van der Waals surface area contributed by atoms with E-state index in [-0.39, 0.29) is 19.0 Å². The van der Waals surface area contributed by atoms with Crippen molar-refractivity contribution in [1.29, 1.82) is 0 Å². The Kier molecular flexibility index (Phi) is 6.19. The lowest BCUT2D eigenvalue weighted by Gasteiger charge is -2.07. The van der Waals surface area contributed by atoms with E-state index >= 15 is 0 Å². The maximum Gasteiger partial charge on any atom is 0.344 e. The van der Waals surface area contributed by atoms with Crippen molar-refractivity contribution in [2.45, 2.75) is 0 Å². The summed E-state index contributed by atoms with van der Waals surface area (Å²) in [6.45, 7) is -0.612. The first-order chi connectivity index (χ1) is 11.6. The second-order valence-corrected chi connectivity index (χ2v) is 4.78. The smallest absolute Gasteiger partial charge is 0.344 e. The number of methoxy groups -OCH3 is 2. The SMILES string of the molecule is COc1ccc(OCC(=O)OCC(=O)c2ccc(OC)cc2)cc1. The van der Waals surface area contributed by atoms with Crippen molar-refractivity contribution in [3.8, 4) is 17.2 Å². The van der Waals surface area contributed by atoms with E-state index in [1.807, 2.05) is 0 Å². The number of ether oxygens (including phenoxy) is 4. The van der Waals surface area contributed by atoms with E-state index in [9.17, 15) is 9.59 Å². The first kappa shape index (κ1) is 17.3. The zero-order chi connectivity index (χ0) is 17.4. The van der Waals surface area contributed by atoms with Gasteiger partial charge < -0.3 is 18.9 Å². The molecule has 0 heterocycles. The van der Waals surface area contributed by atoms with Crippen LogP contribution in [0.5, 0.6) is 17.2 Å². The van der Waals surface area contributed by atoms with Crippen LogP contribution in [-0.2, 0) is 9.53 Å². The van der Waals surface area contributed by atoms with E-state index in [0.717, 1.165) is 0 Å². The number of benzene rings is 2. The Bertz CT molecular complexity index is 676. The molecule has 0 aliphatic rings. The summed E-state index contributed by atoms with van der Waals surface area (Å²) in [6.07, 6.45) is 0. The van der Waals surface area contributed by atoms with Gasteiger partial charge in [0, 0.05) is 5.56 Å². The van der Waals surface area contributed by atoms with Crippen LogP contribution in [0.1, 0.15) is 10.4 Å². The maximum atomic E-state index is 11.9. The third kappa shape index (κ3) is 5.01. The van der Waals surface area contributed by atoms with Gasteiger partial charge in [-0.2, -0.15) is 0 Å². The minimum absolute atomic E-state index is 0.276. The van der Waals surface area contributed by atoms with Crippen LogP contribution >= 0.6 is 0 Å². The predicted octanol–water partition coefficient (Wildman–Crippen LogP) is 2.51. The minimum atomic E-state index is -0.618. The van der Waals surface area contributed by atoms with Crippen LogP contribution in [0.2, 0.25) is 0 Å². The van der Waals surface area contributed by atoms with E-state index in [1.165, 1.54) is 0 Å². The molecule has 0 aromatic heterocycles. The van der Waals surface area contributed by atoms with Crippen molar-refractivity contribution in [1.82, 2.24) is 0 Å². The molecular weight excluding hydrogens is 312 g/mol. The average Bonchev–Trinajstić information content (AvgIpc) is 2.64. The lowest BCUT2D eigenvalue weighted by molar-refractivity contribution is -0.144. The van der Waals surface area contributed by atoms with Crippen LogP contribution in [0.25, 0.3) is 0 Å². The lowest BCUT2D eigenvalue weighted by Crippen LogP contribution is -2.19.